The molecule has 1 fully saturated rings. The van der Waals surface area contributed by atoms with Gasteiger partial charge in [0, 0.05) is 10.8 Å². The van der Waals surface area contributed by atoms with E-state index in [0.717, 1.165) is 22.4 Å². The van der Waals surface area contributed by atoms with E-state index in [9.17, 15) is 0 Å². The Morgan fingerprint density at radius 1 is 1.17 bits per heavy atom. The average molecular weight is 305 g/mol. The van der Waals surface area contributed by atoms with E-state index in [1.165, 1.54) is 25.7 Å². The van der Waals surface area contributed by atoms with E-state index in [4.69, 9.17) is 23.2 Å². The van der Waals surface area contributed by atoms with Gasteiger partial charge in [-0.1, -0.05) is 49.9 Å². The molecule has 0 aliphatic heterocycles. The number of aromatic nitrogens is 2. The van der Waals surface area contributed by atoms with Crippen molar-refractivity contribution >= 4 is 35.0 Å². The predicted octanol–water partition coefficient (Wildman–Crippen LogP) is 5.08. The smallest absolute Gasteiger partial charge is 0.141 e. The highest BCUT2D eigenvalue weighted by Gasteiger charge is 2.18. The summed E-state index contributed by atoms with van der Waals surface area (Å²) in [4.78, 5) is 8.73. The number of thioether (sulfide) groups is 1. The number of nitrogens with zero attached hydrogens (tertiary/aromatic N) is 2. The second kappa shape index (κ2) is 6.44. The van der Waals surface area contributed by atoms with Gasteiger partial charge >= 0.3 is 0 Å². The molecular weight excluding hydrogens is 287 g/mol. The molecule has 0 bridgehead atoms. The van der Waals surface area contributed by atoms with Crippen LogP contribution in [0.2, 0.25) is 10.3 Å². The molecule has 5 heteroatoms. The van der Waals surface area contributed by atoms with Crippen LogP contribution in [-0.2, 0) is 5.75 Å². The highest BCUT2D eigenvalue weighted by molar-refractivity contribution is 7.99. The monoisotopic (exact) mass is 304 g/mol. The maximum Gasteiger partial charge on any atom is 0.141 e. The average Bonchev–Trinajstić information content (AvgIpc) is 2.77. The zero-order valence-electron chi connectivity index (χ0n) is 10.7. The van der Waals surface area contributed by atoms with Crippen molar-refractivity contribution in [1.82, 2.24) is 9.97 Å². The van der Waals surface area contributed by atoms with Gasteiger partial charge in [0.25, 0.3) is 0 Å². The molecule has 1 aromatic heterocycles. The minimum absolute atomic E-state index is 0.251. The normalized spacial score (nSPS) is 16.7. The van der Waals surface area contributed by atoms with Crippen molar-refractivity contribution in [2.75, 3.05) is 0 Å². The highest BCUT2D eigenvalue weighted by atomic mass is 35.5. The lowest BCUT2D eigenvalue weighted by atomic mass is 10.1. The Kier molecular flexibility index (Phi) is 5.16. The lowest BCUT2D eigenvalue weighted by Crippen LogP contribution is -2.03. The second-order valence-corrected chi connectivity index (χ2v) is 7.01. The van der Waals surface area contributed by atoms with Crippen LogP contribution in [0.3, 0.4) is 0 Å². The van der Waals surface area contributed by atoms with Gasteiger partial charge in [-0.15, -0.1) is 0 Å². The lowest BCUT2D eigenvalue weighted by molar-refractivity contribution is 0.835. The van der Waals surface area contributed by atoms with Gasteiger partial charge in [-0.3, -0.25) is 0 Å². The third-order valence-electron chi connectivity index (χ3n) is 3.23. The van der Waals surface area contributed by atoms with Gasteiger partial charge in [0.1, 0.15) is 16.1 Å². The topological polar surface area (TPSA) is 25.8 Å². The van der Waals surface area contributed by atoms with E-state index in [2.05, 4.69) is 9.97 Å². The van der Waals surface area contributed by atoms with Gasteiger partial charge < -0.3 is 0 Å². The van der Waals surface area contributed by atoms with Gasteiger partial charge in [0.15, 0.2) is 0 Å². The molecule has 1 saturated carbocycles. The van der Waals surface area contributed by atoms with E-state index in [1.807, 2.05) is 25.6 Å². The summed E-state index contributed by atoms with van der Waals surface area (Å²) < 4.78 is 0. The van der Waals surface area contributed by atoms with Crippen LogP contribution < -0.4 is 0 Å². The summed E-state index contributed by atoms with van der Waals surface area (Å²) in [5.74, 6) is 1.82. The molecular formula is C13H18Cl2N2S. The van der Waals surface area contributed by atoms with Crippen LogP contribution in [0.15, 0.2) is 0 Å². The Morgan fingerprint density at radius 2 is 1.72 bits per heavy atom. The minimum Gasteiger partial charge on any atom is -0.220 e. The fourth-order valence-electron chi connectivity index (χ4n) is 2.25. The summed E-state index contributed by atoms with van der Waals surface area (Å²) in [6.45, 7) is 4.09. The Bertz CT molecular complexity index is 394. The summed E-state index contributed by atoms with van der Waals surface area (Å²) >= 11 is 14.3. The van der Waals surface area contributed by atoms with Crippen LogP contribution in [0.25, 0.3) is 0 Å². The highest BCUT2D eigenvalue weighted by Crippen LogP contribution is 2.33. The summed E-state index contributed by atoms with van der Waals surface area (Å²) in [6, 6.07) is 0. The zero-order valence-corrected chi connectivity index (χ0v) is 13.1. The molecule has 0 unspecified atom stereocenters. The van der Waals surface area contributed by atoms with E-state index in [0.29, 0.717) is 10.3 Å². The third kappa shape index (κ3) is 3.52. The van der Waals surface area contributed by atoms with Crippen LogP contribution in [-0.4, -0.2) is 15.2 Å². The minimum atomic E-state index is 0.251. The molecule has 2 rings (SSSR count). The van der Waals surface area contributed by atoms with E-state index in [1.54, 1.807) is 0 Å². The molecule has 1 aliphatic carbocycles. The maximum atomic E-state index is 6.18. The van der Waals surface area contributed by atoms with E-state index in [-0.39, 0.29) is 5.92 Å². The standard InChI is InChI=1S/C13H18Cl2N2S/c1-8(2)11-12(14)16-10(17-13(11)15)7-18-9-5-3-4-6-9/h8-9H,3-7H2,1-2H3. The van der Waals surface area contributed by atoms with Crippen molar-refractivity contribution < 1.29 is 0 Å². The Morgan fingerprint density at radius 3 is 2.22 bits per heavy atom. The molecule has 0 amide bonds. The molecule has 1 aliphatic rings. The zero-order chi connectivity index (χ0) is 13.1. The van der Waals surface area contributed by atoms with Crippen LogP contribution in [0.4, 0.5) is 0 Å². The van der Waals surface area contributed by atoms with Gasteiger partial charge in [-0.25, -0.2) is 9.97 Å². The fraction of sp³-hybridized carbons (Fsp3) is 0.692. The quantitative estimate of drug-likeness (QED) is 0.725. The van der Waals surface area contributed by atoms with Crippen molar-refractivity contribution in [3.05, 3.63) is 21.7 Å². The molecule has 100 valence electrons. The van der Waals surface area contributed by atoms with Crippen LogP contribution in [0, 0.1) is 0 Å². The van der Waals surface area contributed by atoms with Crippen LogP contribution in [0.5, 0.6) is 0 Å². The molecule has 0 atom stereocenters. The summed E-state index contributed by atoms with van der Waals surface area (Å²) in [6.07, 6.45) is 5.34. The van der Waals surface area contributed by atoms with Crippen molar-refractivity contribution in [3.8, 4) is 0 Å². The van der Waals surface area contributed by atoms with Crippen LogP contribution in [0.1, 0.15) is 56.8 Å². The first-order chi connectivity index (χ1) is 8.58. The predicted molar refractivity (Wildman–Crippen MR) is 79.7 cm³/mol. The first kappa shape index (κ1) is 14.4. The van der Waals surface area contributed by atoms with Crippen LogP contribution >= 0.6 is 35.0 Å². The lowest BCUT2D eigenvalue weighted by Gasteiger charge is -2.12. The van der Waals surface area contributed by atoms with Gasteiger partial charge in [-0.05, 0) is 18.8 Å². The van der Waals surface area contributed by atoms with Gasteiger partial charge in [0.2, 0.25) is 0 Å². The molecule has 2 nitrogen and oxygen atoms in total. The first-order valence-electron chi connectivity index (χ1n) is 6.41. The SMILES string of the molecule is CC(C)c1c(Cl)nc(CSC2CCCC2)nc1Cl. The molecule has 0 spiro atoms. The second-order valence-electron chi connectivity index (χ2n) is 5.01. The Balaban J connectivity index is 2.05. The van der Waals surface area contributed by atoms with Crippen molar-refractivity contribution in [1.29, 1.82) is 0 Å². The van der Waals surface area contributed by atoms with E-state index >= 15 is 0 Å². The first-order valence-corrected chi connectivity index (χ1v) is 8.21. The Hall–Kier alpha value is 0.01000. The molecule has 0 saturated heterocycles. The third-order valence-corrected chi connectivity index (χ3v) is 5.17. The van der Waals surface area contributed by atoms with Crippen molar-refractivity contribution in [2.24, 2.45) is 0 Å². The van der Waals surface area contributed by atoms with Crippen molar-refractivity contribution in [3.63, 3.8) is 0 Å². The molecule has 0 N–H and O–H groups in total. The van der Waals surface area contributed by atoms with Crippen molar-refractivity contribution in [2.45, 2.75) is 56.5 Å². The molecule has 1 heterocycles. The van der Waals surface area contributed by atoms with Gasteiger partial charge in [-0.2, -0.15) is 11.8 Å². The number of rotatable bonds is 4. The number of halogens is 2. The maximum absolute atomic E-state index is 6.18. The summed E-state index contributed by atoms with van der Waals surface area (Å²) in [5.41, 5.74) is 0.855. The number of hydrogen-bond donors (Lipinski definition) is 0. The van der Waals surface area contributed by atoms with Gasteiger partial charge in [0.05, 0.1) is 5.75 Å². The van der Waals surface area contributed by atoms with E-state index < -0.39 is 0 Å². The fourth-order valence-corrected chi connectivity index (χ4v) is 4.29. The number of hydrogen-bond acceptors (Lipinski definition) is 3. The summed E-state index contributed by atoms with van der Waals surface area (Å²) in [7, 11) is 0. The molecule has 1 aromatic rings. The largest absolute Gasteiger partial charge is 0.220 e. The Labute approximate surface area is 123 Å². The molecule has 0 radical (unpaired) electrons. The molecule has 0 aromatic carbocycles. The summed E-state index contributed by atoms with van der Waals surface area (Å²) in [5, 5.41) is 1.77. The molecule has 18 heavy (non-hydrogen) atoms.